The molecule has 2 heterocycles. The fourth-order valence-corrected chi connectivity index (χ4v) is 2.80. The summed E-state index contributed by atoms with van der Waals surface area (Å²) in [5.41, 5.74) is -0.631. The molecule has 0 aromatic rings. The van der Waals surface area contributed by atoms with E-state index in [-0.39, 0.29) is 0 Å². The third-order valence-corrected chi connectivity index (χ3v) is 3.88. The quantitative estimate of drug-likeness (QED) is 0.611. The normalized spacial score (nSPS) is 22.3. The molecule has 2 aliphatic heterocycles. The second-order valence-corrected chi connectivity index (χ2v) is 5.38. The van der Waals surface area contributed by atoms with Crippen molar-refractivity contribution in [2.75, 3.05) is 26.2 Å². The molecule has 0 spiro atoms. The van der Waals surface area contributed by atoms with Gasteiger partial charge in [-0.05, 0) is 6.08 Å². The Morgan fingerprint density at radius 3 is 2.44 bits per heavy atom. The van der Waals surface area contributed by atoms with E-state index < -0.39 is 32.5 Å². The van der Waals surface area contributed by atoms with E-state index in [4.69, 9.17) is 5.11 Å². The minimum absolute atomic E-state index is 0.383. The average Bonchev–Trinajstić information content (AvgIpc) is 2.65. The van der Waals surface area contributed by atoms with Gasteiger partial charge in [0, 0.05) is 26.2 Å². The summed E-state index contributed by atoms with van der Waals surface area (Å²) >= 11 is 0. The predicted octanol–water partition coefficient (Wildman–Crippen LogP) is -1.83. The highest BCUT2D eigenvalue weighted by Crippen LogP contribution is 2.19. The molecule has 0 radical (unpaired) electrons. The topological polar surface area (TPSA) is 116 Å². The van der Waals surface area contributed by atoms with Crippen LogP contribution in [-0.2, 0) is 19.6 Å². The summed E-state index contributed by atoms with van der Waals surface area (Å²) in [6.07, 6.45) is 0.808. The molecule has 0 atom stereocenters. The number of carbonyl (C=O) groups is 2. The molecule has 1 fully saturated rings. The first-order valence-electron chi connectivity index (χ1n) is 5.22. The third kappa shape index (κ3) is 2.27. The van der Waals surface area contributed by atoms with Crippen molar-refractivity contribution in [3.05, 3.63) is 11.0 Å². The number of carbonyl (C=O) groups excluding carboxylic acids is 1. The molecule has 1 amide bonds. The van der Waals surface area contributed by atoms with Gasteiger partial charge in [-0.2, -0.15) is 12.8 Å². The lowest BCUT2D eigenvalue weighted by Gasteiger charge is -2.27. The van der Waals surface area contributed by atoms with Crippen LogP contribution in [0.2, 0.25) is 0 Å². The van der Waals surface area contributed by atoms with E-state index in [0.29, 0.717) is 26.2 Å². The third-order valence-electron chi connectivity index (χ3n) is 2.60. The van der Waals surface area contributed by atoms with Crippen LogP contribution in [0, 0.1) is 0 Å². The number of hydrogen-bond donors (Lipinski definition) is 2. The molecule has 0 aromatic carbocycles. The van der Waals surface area contributed by atoms with E-state index in [1.165, 1.54) is 4.90 Å². The van der Waals surface area contributed by atoms with E-state index in [0.717, 1.165) is 6.08 Å². The summed E-state index contributed by atoms with van der Waals surface area (Å²) < 4.78 is 26.2. The zero-order chi connectivity index (χ0) is 13.3. The number of nitrogens with one attached hydrogen (secondary N) is 1. The number of piperazine rings is 1. The van der Waals surface area contributed by atoms with Gasteiger partial charge in [0.1, 0.15) is 0 Å². The smallest absolute Gasteiger partial charge is 0.355 e. The summed E-state index contributed by atoms with van der Waals surface area (Å²) in [5.74, 6) is -2.17. The number of aliphatic carboxylic acids is 1. The van der Waals surface area contributed by atoms with Crippen LogP contribution in [0.4, 0.5) is 0 Å². The summed E-state index contributed by atoms with van der Waals surface area (Å²) in [7, 11) is -4.17. The molecule has 1 saturated heterocycles. The van der Waals surface area contributed by atoms with E-state index in [2.05, 4.69) is 9.71 Å². The highest BCUT2D eigenvalue weighted by atomic mass is 32.2. The second-order valence-electron chi connectivity index (χ2n) is 3.81. The zero-order valence-corrected chi connectivity index (χ0v) is 10.1. The van der Waals surface area contributed by atoms with Gasteiger partial charge < -0.3 is 15.3 Å². The standard InChI is InChI=1S/C9H11N3O5S/c13-8(12-3-1-10-2-4-12)7-5-6(9(14)15)11-18(7,16)17/h5,10H,1-4H2,(H,14,15). The summed E-state index contributed by atoms with van der Waals surface area (Å²) in [6.45, 7) is 1.92. The Bertz CT molecular complexity index is 557. The average molecular weight is 273 g/mol. The maximum Gasteiger partial charge on any atom is 0.355 e. The number of carboxylic acids is 1. The lowest BCUT2D eigenvalue weighted by atomic mass is 10.3. The van der Waals surface area contributed by atoms with E-state index in [9.17, 15) is 18.0 Å². The van der Waals surface area contributed by atoms with Crippen molar-refractivity contribution >= 4 is 27.6 Å². The van der Waals surface area contributed by atoms with Crippen molar-refractivity contribution in [1.29, 1.82) is 0 Å². The summed E-state index contributed by atoms with van der Waals surface area (Å²) in [4.78, 5) is 23.4. The first-order valence-corrected chi connectivity index (χ1v) is 6.66. The molecule has 9 heteroatoms. The molecule has 2 rings (SSSR count). The number of nitrogens with zero attached hydrogens (tertiary/aromatic N) is 2. The second kappa shape index (κ2) is 4.50. The first kappa shape index (κ1) is 12.7. The number of sulfonamides is 1. The van der Waals surface area contributed by atoms with Crippen LogP contribution in [-0.4, -0.2) is 62.2 Å². The lowest BCUT2D eigenvalue weighted by molar-refractivity contribution is -0.129. The van der Waals surface area contributed by atoms with Crippen molar-refractivity contribution in [1.82, 2.24) is 10.2 Å². The molecule has 98 valence electrons. The minimum Gasteiger partial charge on any atom is -0.476 e. The van der Waals surface area contributed by atoms with E-state index >= 15 is 0 Å². The van der Waals surface area contributed by atoms with Gasteiger partial charge in [-0.3, -0.25) is 4.79 Å². The maximum atomic E-state index is 12.0. The van der Waals surface area contributed by atoms with Gasteiger partial charge in [0.05, 0.1) is 0 Å². The van der Waals surface area contributed by atoms with Crippen LogP contribution in [0.25, 0.3) is 0 Å². The molecule has 18 heavy (non-hydrogen) atoms. The Labute approximate surface area is 103 Å². The van der Waals surface area contributed by atoms with Crippen molar-refractivity contribution < 1.29 is 23.1 Å². The monoisotopic (exact) mass is 273 g/mol. The van der Waals surface area contributed by atoms with Crippen molar-refractivity contribution in [3.63, 3.8) is 0 Å². The van der Waals surface area contributed by atoms with Crippen molar-refractivity contribution in [2.45, 2.75) is 0 Å². The largest absolute Gasteiger partial charge is 0.476 e. The Morgan fingerprint density at radius 1 is 1.33 bits per heavy atom. The molecule has 0 bridgehead atoms. The molecule has 8 nitrogen and oxygen atoms in total. The molecule has 0 saturated carbocycles. The molecule has 2 N–H and O–H groups in total. The van der Waals surface area contributed by atoms with Crippen LogP contribution in [0.15, 0.2) is 15.4 Å². The van der Waals surface area contributed by atoms with Gasteiger partial charge in [0.25, 0.3) is 15.9 Å². The fraction of sp³-hybridized carbons (Fsp3) is 0.444. The first-order chi connectivity index (χ1) is 8.42. The number of carboxylic acid groups (broad SMARTS) is 1. The lowest BCUT2D eigenvalue weighted by Crippen LogP contribution is -2.47. The van der Waals surface area contributed by atoms with Crippen LogP contribution < -0.4 is 5.32 Å². The van der Waals surface area contributed by atoms with Crippen molar-refractivity contribution in [2.24, 2.45) is 4.40 Å². The minimum atomic E-state index is -4.17. The number of amides is 1. The summed E-state index contributed by atoms with van der Waals surface area (Å²) in [5, 5.41) is 11.7. The van der Waals surface area contributed by atoms with Crippen LogP contribution in [0.5, 0.6) is 0 Å². The molecule has 0 unspecified atom stereocenters. The van der Waals surface area contributed by atoms with E-state index in [1.807, 2.05) is 0 Å². The van der Waals surface area contributed by atoms with Crippen LogP contribution >= 0.6 is 0 Å². The van der Waals surface area contributed by atoms with Gasteiger partial charge in [-0.1, -0.05) is 0 Å². The fourth-order valence-electron chi connectivity index (χ4n) is 1.70. The predicted molar refractivity (Wildman–Crippen MR) is 61.5 cm³/mol. The highest BCUT2D eigenvalue weighted by molar-refractivity contribution is 7.95. The Hall–Kier alpha value is -1.74. The van der Waals surface area contributed by atoms with Gasteiger partial charge in [0.2, 0.25) is 0 Å². The molecular formula is C9H11N3O5S. The number of rotatable bonds is 2. The Morgan fingerprint density at radius 2 is 1.94 bits per heavy atom. The molecule has 0 aromatic heterocycles. The zero-order valence-electron chi connectivity index (χ0n) is 9.29. The molecule has 0 aliphatic carbocycles. The maximum absolute atomic E-state index is 12.0. The highest BCUT2D eigenvalue weighted by Gasteiger charge is 2.35. The Balaban J connectivity index is 2.26. The van der Waals surface area contributed by atoms with Gasteiger partial charge in [-0.25, -0.2) is 4.79 Å². The van der Waals surface area contributed by atoms with Gasteiger partial charge >= 0.3 is 5.97 Å². The van der Waals surface area contributed by atoms with Crippen molar-refractivity contribution in [3.8, 4) is 0 Å². The van der Waals surface area contributed by atoms with Gasteiger partial charge in [-0.15, -0.1) is 0 Å². The van der Waals surface area contributed by atoms with Crippen LogP contribution in [0.3, 0.4) is 0 Å². The molecular weight excluding hydrogens is 262 g/mol. The summed E-state index contributed by atoms with van der Waals surface area (Å²) in [6, 6.07) is 0. The number of hydrogen-bond acceptors (Lipinski definition) is 5. The SMILES string of the molecule is O=C(O)C1=NS(=O)(=O)C(C(=O)N2CCNCC2)=C1. The Kier molecular flexibility index (Phi) is 3.18. The van der Waals surface area contributed by atoms with E-state index in [1.54, 1.807) is 0 Å². The van der Waals surface area contributed by atoms with Crippen LogP contribution in [0.1, 0.15) is 0 Å². The molecule has 2 aliphatic rings. The van der Waals surface area contributed by atoms with Gasteiger partial charge in [0.15, 0.2) is 10.6 Å².